The highest BCUT2D eigenvalue weighted by Crippen LogP contribution is 2.30. The third kappa shape index (κ3) is 2.26. The minimum atomic E-state index is -0.432. The molecule has 0 atom stereocenters. The van der Waals surface area contributed by atoms with Crippen molar-refractivity contribution in [3.8, 4) is 22.3 Å². The molecule has 4 rings (SSSR count). The van der Waals surface area contributed by atoms with E-state index in [4.69, 9.17) is 5.73 Å². The summed E-state index contributed by atoms with van der Waals surface area (Å²) in [7, 11) is 0. The molecule has 0 unspecified atom stereocenters. The van der Waals surface area contributed by atoms with E-state index in [9.17, 15) is 4.79 Å². The number of nitrogens with one attached hydrogen (secondary N) is 2. The molecular weight excluding hydrogens is 290 g/mol. The van der Waals surface area contributed by atoms with E-state index in [0.29, 0.717) is 5.56 Å². The van der Waals surface area contributed by atoms with Crippen LogP contribution in [0.15, 0.2) is 55.1 Å². The summed E-state index contributed by atoms with van der Waals surface area (Å²) in [6, 6.07) is 9.24. The number of hydrogen-bond donors (Lipinski definition) is 3. The van der Waals surface area contributed by atoms with Crippen LogP contribution in [-0.4, -0.2) is 26.1 Å². The smallest absolute Gasteiger partial charge is 0.248 e. The molecule has 0 aliphatic carbocycles. The van der Waals surface area contributed by atoms with Crippen LogP contribution in [0.4, 0.5) is 0 Å². The zero-order chi connectivity index (χ0) is 15.8. The van der Waals surface area contributed by atoms with E-state index >= 15 is 0 Å². The second kappa shape index (κ2) is 5.10. The van der Waals surface area contributed by atoms with Gasteiger partial charge in [0.15, 0.2) is 0 Å². The third-order valence-electron chi connectivity index (χ3n) is 3.84. The maximum Gasteiger partial charge on any atom is 0.248 e. The van der Waals surface area contributed by atoms with Gasteiger partial charge in [0.25, 0.3) is 0 Å². The summed E-state index contributed by atoms with van der Waals surface area (Å²) in [5.41, 5.74) is 10.6. The van der Waals surface area contributed by atoms with Gasteiger partial charge in [-0.05, 0) is 23.8 Å². The Morgan fingerprint density at radius 2 is 1.83 bits per heavy atom. The Bertz CT molecular complexity index is 984. The average Bonchev–Trinajstić information content (AvgIpc) is 3.23. The standard InChI is InChI=1S/C17H13N5O/c18-16(23)11-3-1-10(2-4-11)12-5-14-15(13-7-21-22-8-13)9-20-17(14)19-6-12/h1-9H,(H2,18,23)(H,19,20)(H,21,22). The van der Waals surface area contributed by atoms with Crippen molar-refractivity contribution in [2.24, 2.45) is 5.73 Å². The van der Waals surface area contributed by atoms with Gasteiger partial charge in [-0.3, -0.25) is 9.89 Å². The van der Waals surface area contributed by atoms with E-state index in [0.717, 1.165) is 33.3 Å². The summed E-state index contributed by atoms with van der Waals surface area (Å²) in [6.45, 7) is 0. The first-order valence-corrected chi connectivity index (χ1v) is 7.09. The molecule has 0 radical (unpaired) electrons. The van der Waals surface area contributed by atoms with E-state index in [1.54, 1.807) is 24.5 Å². The van der Waals surface area contributed by atoms with Crippen LogP contribution < -0.4 is 5.73 Å². The van der Waals surface area contributed by atoms with E-state index in [2.05, 4.69) is 26.2 Å². The van der Waals surface area contributed by atoms with Crippen molar-refractivity contribution in [1.29, 1.82) is 0 Å². The van der Waals surface area contributed by atoms with Gasteiger partial charge < -0.3 is 10.7 Å². The highest BCUT2D eigenvalue weighted by molar-refractivity contribution is 5.96. The molecule has 3 aromatic heterocycles. The largest absolute Gasteiger partial charge is 0.366 e. The van der Waals surface area contributed by atoms with Gasteiger partial charge in [-0.2, -0.15) is 5.10 Å². The molecule has 23 heavy (non-hydrogen) atoms. The van der Waals surface area contributed by atoms with Crippen molar-refractivity contribution in [3.63, 3.8) is 0 Å². The summed E-state index contributed by atoms with van der Waals surface area (Å²) >= 11 is 0. The van der Waals surface area contributed by atoms with Crippen LogP contribution in [0, 0.1) is 0 Å². The SMILES string of the molecule is NC(=O)c1ccc(-c2cnc3[nH]cc(-c4cn[nH]c4)c3c2)cc1. The number of carbonyl (C=O) groups excluding carboxylic acids is 1. The monoisotopic (exact) mass is 303 g/mol. The number of primary amides is 1. The van der Waals surface area contributed by atoms with Gasteiger partial charge in [0, 0.05) is 46.2 Å². The van der Waals surface area contributed by atoms with Crippen molar-refractivity contribution < 1.29 is 4.79 Å². The number of aromatic amines is 2. The highest BCUT2D eigenvalue weighted by Gasteiger charge is 2.10. The van der Waals surface area contributed by atoms with Crippen LogP contribution >= 0.6 is 0 Å². The first-order valence-electron chi connectivity index (χ1n) is 7.09. The topological polar surface area (TPSA) is 100 Å². The molecule has 0 fully saturated rings. The molecule has 0 spiro atoms. The molecule has 3 heterocycles. The molecule has 112 valence electrons. The zero-order valence-electron chi connectivity index (χ0n) is 12.1. The van der Waals surface area contributed by atoms with Crippen LogP contribution in [-0.2, 0) is 0 Å². The van der Waals surface area contributed by atoms with Gasteiger partial charge in [0.2, 0.25) is 5.91 Å². The molecule has 1 aromatic carbocycles. The fourth-order valence-corrected chi connectivity index (χ4v) is 2.63. The molecular formula is C17H13N5O. The van der Waals surface area contributed by atoms with Crippen molar-refractivity contribution in [3.05, 3.63) is 60.7 Å². The number of fused-ring (bicyclic) bond motifs is 1. The second-order valence-corrected chi connectivity index (χ2v) is 5.25. The number of aromatic nitrogens is 4. The highest BCUT2D eigenvalue weighted by atomic mass is 16.1. The average molecular weight is 303 g/mol. The molecule has 0 saturated heterocycles. The number of pyridine rings is 1. The lowest BCUT2D eigenvalue weighted by atomic mass is 10.0. The summed E-state index contributed by atoms with van der Waals surface area (Å²) in [5, 5.41) is 7.82. The van der Waals surface area contributed by atoms with Gasteiger partial charge >= 0.3 is 0 Å². The Balaban J connectivity index is 1.82. The predicted molar refractivity (Wildman–Crippen MR) is 87.6 cm³/mol. The van der Waals surface area contributed by atoms with Gasteiger partial charge in [0.1, 0.15) is 5.65 Å². The van der Waals surface area contributed by atoms with Crippen molar-refractivity contribution in [1.82, 2.24) is 20.2 Å². The number of amides is 1. The van der Waals surface area contributed by atoms with Crippen LogP contribution in [0.1, 0.15) is 10.4 Å². The Morgan fingerprint density at radius 1 is 1.00 bits per heavy atom. The van der Waals surface area contributed by atoms with Gasteiger partial charge in [-0.1, -0.05) is 12.1 Å². The van der Waals surface area contributed by atoms with Crippen LogP contribution in [0.5, 0.6) is 0 Å². The van der Waals surface area contributed by atoms with Gasteiger partial charge in [-0.15, -0.1) is 0 Å². The predicted octanol–water partition coefficient (Wildman–Crippen LogP) is 2.72. The Kier molecular flexibility index (Phi) is 2.94. The molecule has 4 N–H and O–H groups in total. The lowest BCUT2D eigenvalue weighted by molar-refractivity contribution is 0.100. The number of hydrogen-bond acceptors (Lipinski definition) is 3. The number of nitrogens with zero attached hydrogens (tertiary/aromatic N) is 2. The lowest BCUT2D eigenvalue weighted by Gasteiger charge is -2.03. The molecule has 0 bridgehead atoms. The van der Waals surface area contributed by atoms with E-state index in [-0.39, 0.29) is 0 Å². The Labute approximate surface area is 131 Å². The Hall–Kier alpha value is -3.41. The van der Waals surface area contributed by atoms with Crippen molar-refractivity contribution in [2.75, 3.05) is 0 Å². The fraction of sp³-hybridized carbons (Fsp3) is 0. The molecule has 0 aliphatic rings. The first-order chi connectivity index (χ1) is 11.2. The number of H-pyrrole nitrogens is 2. The lowest BCUT2D eigenvalue weighted by Crippen LogP contribution is -2.10. The van der Waals surface area contributed by atoms with Crippen LogP contribution in [0.3, 0.4) is 0 Å². The van der Waals surface area contributed by atoms with Crippen LogP contribution in [0.25, 0.3) is 33.3 Å². The van der Waals surface area contributed by atoms with E-state index in [1.807, 2.05) is 24.5 Å². The van der Waals surface area contributed by atoms with Gasteiger partial charge in [-0.25, -0.2) is 4.98 Å². The van der Waals surface area contributed by atoms with Crippen molar-refractivity contribution >= 4 is 16.9 Å². The minimum absolute atomic E-state index is 0.432. The maximum absolute atomic E-state index is 11.2. The maximum atomic E-state index is 11.2. The normalized spacial score (nSPS) is 11.0. The summed E-state index contributed by atoms with van der Waals surface area (Å²) in [4.78, 5) is 18.8. The van der Waals surface area contributed by atoms with E-state index < -0.39 is 5.91 Å². The van der Waals surface area contributed by atoms with Crippen LogP contribution in [0.2, 0.25) is 0 Å². The fourth-order valence-electron chi connectivity index (χ4n) is 2.63. The number of benzene rings is 1. The quantitative estimate of drug-likeness (QED) is 0.542. The zero-order valence-corrected chi connectivity index (χ0v) is 12.1. The molecule has 0 aliphatic heterocycles. The number of nitrogens with two attached hydrogens (primary N) is 1. The van der Waals surface area contributed by atoms with Gasteiger partial charge in [0.05, 0.1) is 6.20 Å². The summed E-state index contributed by atoms with van der Waals surface area (Å²) in [5.74, 6) is -0.432. The minimum Gasteiger partial charge on any atom is -0.366 e. The molecule has 1 amide bonds. The van der Waals surface area contributed by atoms with Crippen molar-refractivity contribution in [2.45, 2.75) is 0 Å². The number of carbonyl (C=O) groups is 1. The molecule has 6 nitrogen and oxygen atoms in total. The Morgan fingerprint density at radius 3 is 2.52 bits per heavy atom. The first kappa shape index (κ1) is 13.3. The number of rotatable bonds is 3. The van der Waals surface area contributed by atoms with E-state index in [1.165, 1.54) is 0 Å². The molecule has 4 aromatic rings. The summed E-state index contributed by atoms with van der Waals surface area (Å²) < 4.78 is 0. The summed E-state index contributed by atoms with van der Waals surface area (Å²) in [6.07, 6.45) is 7.34. The second-order valence-electron chi connectivity index (χ2n) is 5.25. The molecule has 6 heteroatoms. The third-order valence-corrected chi connectivity index (χ3v) is 3.84. The molecule has 0 saturated carbocycles.